The average molecular weight is 320 g/mol. The molecule has 0 unspecified atom stereocenters. The standard InChI is InChI=1S/C7H8.Ra.2H/c1-7-5-3-2-4-6-7;;;/h2-6H,1H3;;;. The van der Waals surface area contributed by atoms with Crippen LogP contribution in [0.5, 0.6) is 0 Å². The van der Waals surface area contributed by atoms with Gasteiger partial charge in [0, 0.05) is 0 Å². The molecular weight excluding hydrogens is 310 g/mol. The normalized spacial score (nSPS) is 7.62. The van der Waals surface area contributed by atoms with E-state index in [1.165, 1.54) is 5.56 Å². The van der Waals surface area contributed by atoms with Crippen LogP contribution in [0.15, 0.2) is 30.3 Å². The first-order valence-corrected chi connectivity index (χ1v) is 2.41. The zero-order chi connectivity index (χ0) is 5.11. The molecule has 0 saturated heterocycles. The minimum absolute atomic E-state index is 0. The molecule has 0 spiro atoms. The Hall–Kier alpha value is 0.688. The molecule has 1 heteroatoms. The Morgan fingerprint density at radius 2 is 1.50 bits per heavy atom. The third kappa shape index (κ3) is 2.87. The zero-order valence-electron chi connectivity index (χ0n) is 4.39. The molecule has 0 radical (unpaired) electrons. The van der Waals surface area contributed by atoms with Gasteiger partial charge in [-0.05, 0) is 6.92 Å². The molecule has 1 aromatic carbocycles. The van der Waals surface area contributed by atoms with E-state index in [-0.39, 0.29) is 45.0 Å². The van der Waals surface area contributed by atoms with E-state index in [4.69, 9.17) is 0 Å². The fraction of sp³-hybridized carbons (Fsp3) is 0.143. The van der Waals surface area contributed by atoms with Crippen molar-refractivity contribution < 1.29 is 45.0 Å². The number of hydrogen-bond acceptors (Lipinski definition) is 0. The third-order valence-corrected chi connectivity index (χ3v) is 0.940. The molecule has 40 valence electrons. The van der Waals surface area contributed by atoms with Gasteiger partial charge in [0.2, 0.25) is 0 Å². The van der Waals surface area contributed by atoms with Gasteiger partial charge >= 0.3 is 45.0 Å². The summed E-state index contributed by atoms with van der Waals surface area (Å²) in [6.45, 7) is 2.08. The summed E-state index contributed by atoms with van der Waals surface area (Å²) < 4.78 is 0. The fourth-order valence-corrected chi connectivity index (χ4v) is 0.534. The van der Waals surface area contributed by atoms with Gasteiger partial charge in [0.25, 0.3) is 0 Å². The summed E-state index contributed by atoms with van der Waals surface area (Å²) in [7, 11) is 0. The second-order valence-electron chi connectivity index (χ2n) is 1.65. The molecule has 0 nitrogen and oxygen atoms in total. The van der Waals surface area contributed by atoms with E-state index in [0.717, 1.165) is 0 Å². The van der Waals surface area contributed by atoms with E-state index in [2.05, 4.69) is 19.1 Å². The Labute approximate surface area is 86.7 Å². The fourth-order valence-electron chi connectivity index (χ4n) is 0.534. The van der Waals surface area contributed by atoms with Gasteiger partial charge in [-0.3, -0.25) is 0 Å². The van der Waals surface area contributed by atoms with E-state index < -0.39 is 0 Å². The van der Waals surface area contributed by atoms with Gasteiger partial charge < -0.3 is 0 Å². The van der Waals surface area contributed by atoms with Crippen molar-refractivity contribution in [1.82, 2.24) is 0 Å². The van der Waals surface area contributed by atoms with Crippen molar-refractivity contribution in [3.8, 4) is 0 Å². The molecular formula is C7H10Ra. The van der Waals surface area contributed by atoms with Crippen LogP contribution in [0.2, 0.25) is 0 Å². The molecule has 8 heavy (non-hydrogen) atoms. The van der Waals surface area contributed by atoms with Crippen molar-refractivity contribution in [2.75, 3.05) is 0 Å². The predicted octanol–water partition coefficient (Wildman–Crippen LogP) is 1.46. The molecule has 0 N–H and O–H groups in total. The molecule has 0 fully saturated rings. The van der Waals surface area contributed by atoms with Crippen LogP contribution in [0, 0.1) is 51.9 Å². The van der Waals surface area contributed by atoms with E-state index in [0.29, 0.717) is 0 Å². The first-order chi connectivity index (χ1) is 3.39. The van der Waals surface area contributed by atoms with Crippen LogP contribution in [0.1, 0.15) is 5.56 Å². The first kappa shape index (κ1) is 8.69. The van der Waals surface area contributed by atoms with Crippen LogP contribution in [0.4, 0.5) is 0 Å². The number of rotatable bonds is 0. The molecule has 1 rings (SSSR count). The SMILES string of the molecule is Cc1ccccc1.[RaH2]. The summed E-state index contributed by atoms with van der Waals surface area (Å²) in [5.41, 5.74) is 1.32. The Kier molecular flexibility index (Phi) is 4.95. The Morgan fingerprint density at radius 3 is 1.75 bits per heavy atom. The molecule has 0 aromatic heterocycles. The van der Waals surface area contributed by atoms with E-state index >= 15 is 0 Å². The van der Waals surface area contributed by atoms with E-state index in [1.54, 1.807) is 0 Å². The van der Waals surface area contributed by atoms with Crippen molar-refractivity contribution in [2.45, 2.75) is 6.92 Å². The first-order valence-electron chi connectivity index (χ1n) is 2.41. The predicted molar refractivity (Wildman–Crippen MR) is 34.0 cm³/mol. The van der Waals surface area contributed by atoms with Crippen LogP contribution < -0.4 is 0 Å². The summed E-state index contributed by atoms with van der Waals surface area (Å²) in [6, 6.07) is 10.3. The van der Waals surface area contributed by atoms with Crippen LogP contribution in [0.3, 0.4) is 0 Å². The topological polar surface area (TPSA) is 0 Å². The number of aryl methyl sites for hydroxylation is 1. The summed E-state index contributed by atoms with van der Waals surface area (Å²) in [5.74, 6) is 0. The van der Waals surface area contributed by atoms with Crippen LogP contribution in [0.25, 0.3) is 0 Å². The minimum atomic E-state index is 0. The molecule has 0 amide bonds. The molecule has 0 heterocycles. The van der Waals surface area contributed by atoms with Crippen molar-refractivity contribution in [1.29, 1.82) is 0 Å². The van der Waals surface area contributed by atoms with Gasteiger partial charge in [-0.25, -0.2) is 0 Å². The molecule has 0 atom stereocenters. The molecule has 1 aromatic rings. The Bertz CT molecular complexity index is 134. The quantitative estimate of drug-likeness (QED) is 0.679. The van der Waals surface area contributed by atoms with E-state index in [1.807, 2.05) is 18.2 Å². The number of benzene rings is 1. The molecule has 0 aliphatic heterocycles. The molecule has 0 bridgehead atoms. The molecule has 0 aliphatic carbocycles. The van der Waals surface area contributed by atoms with Crippen molar-refractivity contribution in [3.63, 3.8) is 0 Å². The second-order valence-corrected chi connectivity index (χ2v) is 1.65. The van der Waals surface area contributed by atoms with Crippen molar-refractivity contribution in [3.05, 3.63) is 35.9 Å². The van der Waals surface area contributed by atoms with Gasteiger partial charge in [-0.15, -0.1) is 0 Å². The van der Waals surface area contributed by atoms with Gasteiger partial charge in [0.05, 0.1) is 0 Å². The van der Waals surface area contributed by atoms with Crippen molar-refractivity contribution >= 4 is 0 Å². The van der Waals surface area contributed by atoms with Gasteiger partial charge in [0.1, 0.15) is 0 Å². The van der Waals surface area contributed by atoms with Crippen molar-refractivity contribution in [2.24, 2.45) is 0 Å². The van der Waals surface area contributed by atoms with Gasteiger partial charge in [-0.1, -0.05) is 35.9 Å². The Morgan fingerprint density at radius 1 is 1.00 bits per heavy atom. The summed E-state index contributed by atoms with van der Waals surface area (Å²) >= 11 is 0. The van der Waals surface area contributed by atoms with Crippen LogP contribution >= 0.6 is 0 Å². The summed E-state index contributed by atoms with van der Waals surface area (Å²) in [6.07, 6.45) is 0. The average Bonchev–Trinajstić information content (AvgIpc) is 1.69. The zero-order valence-corrected chi connectivity index (χ0v) is 4.39. The maximum atomic E-state index is 2.08. The van der Waals surface area contributed by atoms with Crippen LogP contribution in [-0.4, -0.2) is 0 Å². The summed E-state index contributed by atoms with van der Waals surface area (Å²) in [5, 5.41) is 0. The Balaban J connectivity index is 0.000000490. The van der Waals surface area contributed by atoms with E-state index in [9.17, 15) is 0 Å². The molecule has 0 saturated carbocycles. The monoisotopic (exact) mass is 320 g/mol. The van der Waals surface area contributed by atoms with Crippen LogP contribution in [-0.2, 0) is 0 Å². The van der Waals surface area contributed by atoms with Gasteiger partial charge in [0.15, 0.2) is 0 Å². The third-order valence-electron chi connectivity index (χ3n) is 0.940. The maximum absolute atomic E-state index is 2.08. The second kappa shape index (κ2) is 4.56. The molecule has 0 aliphatic rings. The summed E-state index contributed by atoms with van der Waals surface area (Å²) in [4.78, 5) is 0. The number of hydrogen-bond donors (Lipinski definition) is 0. The van der Waals surface area contributed by atoms with Gasteiger partial charge in [-0.2, -0.15) is 0 Å².